The van der Waals surface area contributed by atoms with E-state index in [9.17, 15) is 4.79 Å². The van der Waals surface area contributed by atoms with Crippen molar-refractivity contribution in [2.45, 2.75) is 37.6 Å². The van der Waals surface area contributed by atoms with Gasteiger partial charge < -0.3 is 9.47 Å². The third-order valence-corrected chi connectivity index (χ3v) is 6.07. The van der Waals surface area contributed by atoms with Crippen LogP contribution in [0.2, 0.25) is 0 Å². The van der Waals surface area contributed by atoms with E-state index in [0.29, 0.717) is 11.9 Å². The first-order chi connectivity index (χ1) is 12.7. The molecular weight excluding hydrogens is 322 g/mol. The molecule has 4 heteroatoms. The molecule has 2 aromatic carbocycles. The van der Waals surface area contributed by atoms with Gasteiger partial charge in [-0.1, -0.05) is 42.5 Å². The van der Waals surface area contributed by atoms with E-state index < -0.39 is 0 Å². The number of imidazole rings is 1. The average Bonchev–Trinajstić information content (AvgIpc) is 3.22. The number of benzene rings is 2. The van der Waals surface area contributed by atoms with Crippen LogP contribution in [-0.4, -0.2) is 33.4 Å². The van der Waals surface area contributed by atoms with Gasteiger partial charge in [0, 0.05) is 13.1 Å². The Kier molecular flexibility index (Phi) is 3.42. The van der Waals surface area contributed by atoms with Crippen molar-refractivity contribution < 1.29 is 4.79 Å². The minimum atomic E-state index is -0.262. The maximum absolute atomic E-state index is 13.3. The number of aryl methyl sites for hydroxylation is 1. The van der Waals surface area contributed by atoms with Crippen molar-refractivity contribution >= 4 is 16.9 Å². The Bertz CT molecular complexity index is 971. The zero-order valence-electron chi connectivity index (χ0n) is 15.1. The Hall–Kier alpha value is -2.62. The first-order valence-corrected chi connectivity index (χ1v) is 9.47. The quantitative estimate of drug-likeness (QED) is 0.723. The van der Waals surface area contributed by atoms with Crippen molar-refractivity contribution in [3.05, 3.63) is 66.0 Å². The summed E-state index contributed by atoms with van der Waals surface area (Å²) in [5.74, 6) is 1.35. The molecule has 0 bridgehead atoms. The number of rotatable bonds is 3. The third-order valence-electron chi connectivity index (χ3n) is 6.07. The lowest BCUT2D eigenvalue weighted by molar-refractivity contribution is -0.133. The highest BCUT2D eigenvalue weighted by Gasteiger charge is 2.53. The molecule has 2 aliphatic rings. The second kappa shape index (κ2) is 5.70. The number of carbonyl (C=O) groups is 1. The molecule has 2 fully saturated rings. The van der Waals surface area contributed by atoms with Crippen LogP contribution >= 0.6 is 0 Å². The van der Waals surface area contributed by atoms with Crippen LogP contribution in [0.25, 0.3) is 11.0 Å². The molecule has 4 nitrogen and oxygen atoms in total. The molecule has 1 aromatic heterocycles. The minimum absolute atomic E-state index is 0.262. The van der Waals surface area contributed by atoms with Gasteiger partial charge in [-0.15, -0.1) is 0 Å². The number of hydrogen-bond donors (Lipinski definition) is 0. The van der Waals surface area contributed by atoms with Crippen LogP contribution in [0.3, 0.4) is 0 Å². The molecule has 132 valence electrons. The predicted molar refractivity (Wildman–Crippen MR) is 102 cm³/mol. The van der Waals surface area contributed by atoms with Crippen molar-refractivity contribution in [2.24, 2.45) is 0 Å². The van der Waals surface area contributed by atoms with Crippen LogP contribution in [0, 0.1) is 6.92 Å². The van der Waals surface area contributed by atoms with Gasteiger partial charge in [-0.05, 0) is 43.9 Å². The number of hydrogen-bond acceptors (Lipinski definition) is 2. The molecule has 1 saturated carbocycles. The van der Waals surface area contributed by atoms with Crippen molar-refractivity contribution in [3.63, 3.8) is 0 Å². The van der Waals surface area contributed by atoms with Gasteiger partial charge in [-0.3, -0.25) is 4.79 Å². The number of aromatic nitrogens is 2. The first-order valence-electron chi connectivity index (χ1n) is 9.47. The molecule has 0 unspecified atom stereocenters. The molecule has 5 rings (SSSR count). The lowest BCUT2D eigenvalue weighted by atomic mass is 9.94. The standard InChI is InChI=1S/C22H23N3O/c1-16-23-19-9-5-6-10-20(19)25(16)18-11-14-24(15-18)21(26)22(12-13-22)17-7-3-2-4-8-17/h2-10,18H,11-15H2,1H3/t18-/m1/s1. The molecule has 3 aromatic rings. The normalized spacial score (nSPS) is 21.3. The summed E-state index contributed by atoms with van der Waals surface area (Å²) in [6.07, 6.45) is 2.95. The monoisotopic (exact) mass is 345 g/mol. The van der Waals surface area contributed by atoms with E-state index in [1.165, 1.54) is 11.1 Å². The molecule has 26 heavy (non-hydrogen) atoms. The summed E-state index contributed by atoms with van der Waals surface area (Å²) in [7, 11) is 0. The fourth-order valence-corrected chi connectivity index (χ4v) is 4.57. The van der Waals surface area contributed by atoms with E-state index in [1.54, 1.807) is 0 Å². The van der Waals surface area contributed by atoms with Crippen LogP contribution in [-0.2, 0) is 10.2 Å². The molecule has 1 amide bonds. The first kappa shape index (κ1) is 15.6. The summed E-state index contributed by atoms with van der Waals surface area (Å²) >= 11 is 0. The predicted octanol–water partition coefficient (Wildman–Crippen LogP) is 3.85. The van der Waals surface area contributed by atoms with Crippen LogP contribution in [0.5, 0.6) is 0 Å². The zero-order chi connectivity index (χ0) is 17.7. The van der Waals surface area contributed by atoms with Gasteiger partial charge in [-0.2, -0.15) is 0 Å². The van der Waals surface area contributed by atoms with Gasteiger partial charge in [0.15, 0.2) is 0 Å². The van der Waals surface area contributed by atoms with Crippen LogP contribution in [0.1, 0.15) is 36.7 Å². The van der Waals surface area contributed by atoms with E-state index in [0.717, 1.165) is 43.7 Å². The molecule has 1 atom stereocenters. The van der Waals surface area contributed by atoms with Crippen LogP contribution in [0.4, 0.5) is 0 Å². The maximum atomic E-state index is 13.3. The number of para-hydroxylation sites is 2. The van der Waals surface area contributed by atoms with Crippen molar-refractivity contribution in [2.75, 3.05) is 13.1 Å². The minimum Gasteiger partial charge on any atom is -0.340 e. The van der Waals surface area contributed by atoms with Gasteiger partial charge in [-0.25, -0.2) is 4.98 Å². The Morgan fingerprint density at radius 1 is 1.08 bits per heavy atom. The Balaban J connectivity index is 1.41. The number of likely N-dealkylation sites (tertiary alicyclic amines) is 1. The highest BCUT2D eigenvalue weighted by molar-refractivity contribution is 5.91. The van der Waals surface area contributed by atoms with Crippen molar-refractivity contribution in [1.82, 2.24) is 14.5 Å². The topological polar surface area (TPSA) is 38.1 Å². The van der Waals surface area contributed by atoms with Gasteiger partial charge in [0.2, 0.25) is 5.91 Å². The summed E-state index contributed by atoms with van der Waals surface area (Å²) in [5.41, 5.74) is 3.13. The maximum Gasteiger partial charge on any atom is 0.233 e. The summed E-state index contributed by atoms with van der Waals surface area (Å²) in [6, 6.07) is 18.9. The van der Waals surface area contributed by atoms with E-state index in [-0.39, 0.29) is 5.41 Å². The fourth-order valence-electron chi connectivity index (χ4n) is 4.57. The SMILES string of the molecule is Cc1nc2ccccc2n1[C@@H]1CCN(C(=O)C2(c3ccccc3)CC2)C1. The fraction of sp³-hybridized carbons (Fsp3) is 0.364. The average molecular weight is 345 g/mol. The van der Waals surface area contributed by atoms with E-state index in [2.05, 4.69) is 46.7 Å². The molecule has 2 heterocycles. The lowest BCUT2D eigenvalue weighted by Gasteiger charge is -2.24. The number of nitrogens with zero attached hydrogens (tertiary/aromatic N) is 3. The summed E-state index contributed by atoms with van der Waals surface area (Å²) in [5, 5.41) is 0. The van der Waals surface area contributed by atoms with E-state index in [1.807, 2.05) is 24.3 Å². The van der Waals surface area contributed by atoms with Gasteiger partial charge in [0.1, 0.15) is 5.82 Å². The highest BCUT2D eigenvalue weighted by Crippen LogP contribution is 2.50. The Morgan fingerprint density at radius 3 is 2.58 bits per heavy atom. The molecule has 0 radical (unpaired) electrons. The summed E-state index contributed by atoms with van der Waals surface area (Å²) in [6.45, 7) is 3.69. The van der Waals surface area contributed by atoms with Gasteiger partial charge >= 0.3 is 0 Å². The number of amides is 1. The molecule has 1 aliphatic heterocycles. The lowest BCUT2D eigenvalue weighted by Crippen LogP contribution is -2.38. The summed E-state index contributed by atoms with van der Waals surface area (Å²) in [4.78, 5) is 20.1. The molecule has 1 saturated heterocycles. The molecule has 0 spiro atoms. The van der Waals surface area contributed by atoms with Gasteiger partial charge in [0.25, 0.3) is 0 Å². The van der Waals surface area contributed by atoms with Gasteiger partial charge in [0.05, 0.1) is 22.5 Å². The second-order valence-electron chi connectivity index (χ2n) is 7.66. The van der Waals surface area contributed by atoms with E-state index in [4.69, 9.17) is 4.98 Å². The molecular formula is C22H23N3O. The third kappa shape index (κ3) is 2.28. The zero-order valence-corrected chi connectivity index (χ0v) is 15.1. The molecule has 0 N–H and O–H groups in total. The number of carbonyl (C=O) groups excluding carboxylic acids is 1. The second-order valence-corrected chi connectivity index (χ2v) is 7.66. The largest absolute Gasteiger partial charge is 0.340 e. The highest BCUT2D eigenvalue weighted by atomic mass is 16.2. The van der Waals surface area contributed by atoms with Crippen molar-refractivity contribution in [3.8, 4) is 0 Å². The van der Waals surface area contributed by atoms with Crippen molar-refractivity contribution in [1.29, 1.82) is 0 Å². The smallest absolute Gasteiger partial charge is 0.233 e. The molecule has 1 aliphatic carbocycles. The Labute approximate surface area is 153 Å². The number of fused-ring (bicyclic) bond motifs is 1. The van der Waals surface area contributed by atoms with Crippen LogP contribution < -0.4 is 0 Å². The Morgan fingerprint density at radius 2 is 1.81 bits per heavy atom. The van der Waals surface area contributed by atoms with E-state index >= 15 is 0 Å². The summed E-state index contributed by atoms with van der Waals surface area (Å²) < 4.78 is 2.32. The van der Waals surface area contributed by atoms with Crippen LogP contribution in [0.15, 0.2) is 54.6 Å².